The summed E-state index contributed by atoms with van der Waals surface area (Å²) in [5.74, 6) is 0.492. The monoisotopic (exact) mass is 301 g/mol. The summed E-state index contributed by atoms with van der Waals surface area (Å²) < 4.78 is 9.34. The van der Waals surface area contributed by atoms with Gasteiger partial charge in [-0.3, -0.25) is 13.9 Å². The molecule has 0 saturated heterocycles. The van der Waals surface area contributed by atoms with Gasteiger partial charge < -0.3 is 9.30 Å². The van der Waals surface area contributed by atoms with E-state index in [0.29, 0.717) is 23.6 Å². The first kappa shape index (κ1) is 14.1. The summed E-state index contributed by atoms with van der Waals surface area (Å²) >= 11 is 0. The van der Waals surface area contributed by atoms with Crippen LogP contribution >= 0.6 is 0 Å². The molecule has 3 aromatic rings. The summed E-state index contributed by atoms with van der Waals surface area (Å²) in [4.78, 5) is 32.6. The molecule has 0 fully saturated rings. The van der Waals surface area contributed by atoms with E-state index < -0.39 is 5.69 Å². The van der Waals surface area contributed by atoms with Gasteiger partial charge in [0, 0.05) is 25.9 Å². The van der Waals surface area contributed by atoms with Crippen molar-refractivity contribution in [3.8, 4) is 5.88 Å². The SMILES string of the molecule is COc1ncccc1Cn1cnc2c1c(=O)n(C)c(=O)n2C. The number of nitrogens with zero attached hydrogens (tertiary/aromatic N) is 5. The molecule has 0 aliphatic carbocycles. The molecule has 0 unspecified atom stereocenters. The molecule has 114 valence electrons. The summed E-state index contributed by atoms with van der Waals surface area (Å²) in [5, 5.41) is 0. The van der Waals surface area contributed by atoms with Crippen LogP contribution in [0.3, 0.4) is 0 Å². The maximum atomic E-state index is 12.4. The first-order valence-corrected chi connectivity index (χ1v) is 6.63. The Morgan fingerprint density at radius 1 is 1.18 bits per heavy atom. The van der Waals surface area contributed by atoms with Crippen LogP contribution < -0.4 is 16.0 Å². The minimum atomic E-state index is -0.401. The van der Waals surface area contributed by atoms with Gasteiger partial charge in [0.25, 0.3) is 5.56 Å². The summed E-state index contributed by atoms with van der Waals surface area (Å²) in [6, 6.07) is 3.66. The topological polar surface area (TPSA) is 83.9 Å². The van der Waals surface area contributed by atoms with E-state index >= 15 is 0 Å². The van der Waals surface area contributed by atoms with Crippen molar-refractivity contribution in [3.63, 3.8) is 0 Å². The zero-order valence-corrected chi connectivity index (χ0v) is 12.5. The second-order valence-electron chi connectivity index (χ2n) is 4.92. The second-order valence-corrected chi connectivity index (χ2v) is 4.92. The van der Waals surface area contributed by atoms with Gasteiger partial charge in [-0.2, -0.15) is 0 Å². The Hall–Kier alpha value is -2.90. The molecule has 0 N–H and O–H groups in total. The molecule has 0 aliphatic heterocycles. The fourth-order valence-corrected chi connectivity index (χ4v) is 2.43. The smallest absolute Gasteiger partial charge is 0.332 e. The molecule has 8 heteroatoms. The minimum absolute atomic E-state index is 0.357. The Morgan fingerprint density at radius 2 is 1.95 bits per heavy atom. The fraction of sp³-hybridized carbons (Fsp3) is 0.286. The van der Waals surface area contributed by atoms with Gasteiger partial charge in [0.15, 0.2) is 11.2 Å². The van der Waals surface area contributed by atoms with Crippen LogP contribution in [-0.2, 0) is 20.6 Å². The molecule has 8 nitrogen and oxygen atoms in total. The molecule has 0 saturated carbocycles. The summed E-state index contributed by atoms with van der Waals surface area (Å²) in [6.07, 6.45) is 3.18. The predicted molar refractivity (Wildman–Crippen MR) is 80.1 cm³/mol. The Bertz CT molecular complexity index is 967. The summed E-state index contributed by atoms with van der Waals surface area (Å²) in [6.45, 7) is 0.376. The van der Waals surface area contributed by atoms with Gasteiger partial charge in [0.1, 0.15) is 0 Å². The molecule has 3 aromatic heterocycles. The zero-order valence-electron chi connectivity index (χ0n) is 12.5. The Balaban J connectivity index is 2.21. The maximum Gasteiger partial charge on any atom is 0.332 e. The van der Waals surface area contributed by atoms with Crippen molar-refractivity contribution in [1.82, 2.24) is 23.7 Å². The van der Waals surface area contributed by atoms with E-state index in [0.717, 1.165) is 10.1 Å². The van der Waals surface area contributed by atoms with E-state index in [4.69, 9.17) is 4.74 Å². The number of aromatic nitrogens is 5. The van der Waals surface area contributed by atoms with E-state index in [1.807, 2.05) is 6.07 Å². The molecular formula is C14H15N5O3. The normalized spacial score (nSPS) is 11.0. The van der Waals surface area contributed by atoms with Crippen molar-refractivity contribution in [2.45, 2.75) is 6.54 Å². The number of aryl methyl sites for hydroxylation is 1. The molecule has 0 amide bonds. The van der Waals surface area contributed by atoms with Crippen LogP contribution in [0.1, 0.15) is 5.56 Å². The number of imidazole rings is 1. The molecule has 0 aromatic carbocycles. The van der Waals surface area contributed by atoms with Crippen molar-refractivity contribution < 1.29 is 4.74 Å². The van der Waals surface area contributed by atoms with Crippen LogP contribution in [0.2, 0.25) is 0 Å². The summed E-state index contributed by atoms with van der Waals surface area (Å²) in [7, 11) is 4.58. The number of ether oxygens (including phenoxy) is 1. The lowest BCUT2D eigenvalue weighted by Crippen LogP contribution is -2.37. The minimum Gasteiger partial charge on any atom is -0.481 e. The van der Waals surface area contributed by atoms with Crippen LogP contribution in [0.5, 0.6) is 5.88 Å². The van der Waals surface area contributed by atoms with Crippen LogP contribution in [0.15, 0.2) is 34.2 Å². The summed E-state index contributed by atoms with van der Waals surface area (Å²) in [5.41, 5.74) is 0.770. The molecule has 22 heavy (non-hydrogen) atoms. The average molecular weight is 301 g/mol. The molecule has 0 bridgehead atoms. The zero-order chi connectivity index (χ0) is 15.9. The maximum absolute atomic E-state index is 12.4. The molecular weight excluding hydrogens is 286 g/mol. The Morgan fingerprint density at radius 3 is 2.68 bits per heavy atom. The quantitative estimate of drug-likeness (QED) is 0.674. The Labute approximate surface area is 125 Å². The highest BCUT2D eigenvalue weighted by molar-refractivity contribution is 5.70. The van der Waals surface area contributed by atoms with E-state index in [-0.39, 0.29) is 5.56 Å². The van der Waals surface area contributed by atoms with Crippen molar-refractivity contribution in [2.24, 2.45) is 14.1 Å². The van der Waals surface area contributed by atoms with Crippen molar-refractivity contribution in [1.29, 1.82) is 0 Å². The third kappa shape index (κ3) is 2.00. The second kappa shape index (κ2) is 5.14. The molecule has 3 heterocycles. The molecule has 0 aliphatic rings. The predicted octanol–water partition coefficient (Wildman–Crippen LogP) is -0.114. The Kier molecular flexibility index (Phi) is 3.28. The van der Waals surface area contributed by atoms with Gasteiger partial charge in [-0.25, -0.2) is 14.8 Å². The fourth-order valence-electron chi connectivity index (χ4n) is 2.43. The number of methoxy groups -OCH3 is 1. The highest BCUT2D eigenvalue weighted by Gasteiger charge is 2.15. The third-order valence-corrected chi connectivity index (χ3v) is 3.60. The van der Waals surface area contributed by atoms with Crippen molar-refractivity contribution in [2.75, 3.05) is 7.11 Å². The molecule has 0 atom stereocenters. The van der Waals surface area contributed by atoms with Crippen LogP contribution in [0.25, 0.3) is 11.2 Å². The van der Waals surface area contributed by atoms with Crippen LogP contribution in [-0.4, -0.2) is 30.8 Å². The van der Waals surface area contributed by atoms with Gasteiger partial charge in [0.2, 0.25) is 5.88 Å². The van der Waals surface area contributed by atoms with Crippen molar-refractivity contribution >= 4 is 11.2 Å². The van der Waals surface area contributed by atoms with Gasteiger partial charge in [-0.15, -0.1) is 0 Å². The highest BCUT2D eigenvalue weighted by atomic mass is 16.5. The highest BCUT2D eigenvalue weighted by Crippen LogP contribution is 2.16. The van der Waals surface area contributed by atoms with E-state index in [1.54, 1.807) is 31.0 Å². The lowest BCUT2D eigenvalue weighted by molar-refractivity contribution is 0.391. The van der Waals surface area contributed by atoms with Crippen LogP contribution in [0, 0.1) is 0 Å². The molecule has 3 rings (SSSR count). The first-order valence-electron chi connectivity index (χ1n) is 6.63. The lowest BCUT2D eigenvalue weighted by Gasteiger charge is -2.09. The van der Waals surface area contributed by atoms with E-state index in [2.05, 4.69) is 9.97 Å². The molecule has 0 spiro atoms. The van der Waals surface area contributed by atoms with Crippen LogP contribution in [0.4, 0.5) is 0 Å². The van der Waals surface area contributed by atoms with Crippen molar-refractivity contribution in [3.05, 3.63) is 51.1 Å². The number of rotatable bonds is 3. The van der Waals surface area contributed by atoms with Gasteiger partial charge >= 0.3 is 5.69 Å². The van der Waals surface area contributed by atoms with E-state index in [9.17, 15) is 9.59 Å². The number of hydrogen-bond acceptors (Lipinski definition) is 5. The largest absolute Gasteiger partial charge is 0.481 e. The van der Waals surface area contributed by atoms with Gasteiger partial charge in [-0.05, 0) is 6.07 Å². The number of fused-ring (bicyclic) bond motifs is 1. The molecule has 0 radical (unpaired) electrons. The average Bonchev–Trinajstić information content (AvgIpc) is 2.95. The van der Waals surface area contributed by atoms with Gasteiger partial charge in [0.05, 0.1) is 20.0 Å². The van der Waals surface area contributed by atoms with Gasteiger partial charge in [-0.1, -0.05) is 6.07 Å². The third-order valence-electron chi connectivity index (χ3n) is 3.60. The standard InChI is InChI=1S/C14H15N5O3/c1-17-11-10(13(20)18(2)14(17)21)19(8-16-11)7-9-5-4-6-15-12(9)22-3/h4-6,8H,7H2,1-3H3. The number of pyridine rings is 1. The van der Waals surface area contributed by atoms with E-state index in [1.165, 1.54) is 17.9 Å². The first-order chi connectivity index (χ1) is 10.5. The lowest BCUT2D eigenvalue weighted by atomic mass is 10.2. The number of hydrogen-bond donors (Lipinski definition) is 0.